The first-order chi connectivity index (χ1) is 19.5. The van der Waals surface area contributed by atoms with Gasteiger partial charge in [-0.05, 0) is 79.4 Å². The van der Waals surface area contributed by atoms with Gasteiger partial charge in [-0.1, -0.05) is 12.1 Å². The highest BCUT2D eigenvalue weighted by atomic mass is 19.1. The number of piperazine rings is 1. The summed E-state index contributed by atoms with van der Waals surface area (Å²) in [7, 11) is 2.17. The van der Waals surface area contributed by atoms with Gasteiger partial charge in [0.1, 0.15) is 11.6 Å². The van der Waals surface area contributed by atoms with Crippen molar-refractivity contribution in [1.29, 1.82) is 0 Å². The molecule has 2 saturated heterocycles. The number of rotatable bonds is 8. The molecule has 0 aliphatic carbocycles. The number of likely N-dealkylation sites (N-methyl/N-ethyl adjacent to an activating group) is 1. The third-order valence-corrected chi connectivity index (χ3v) is 7.95. The first kappa shape index (κ1) is 26.5. The van der Waals surface area contributed by atoms with E-state index in [-0.39, 0.29) is 0 Å². The fourth-order valence-corrected chi connectivity index (χ4v) is 5.61. The molecular weight excluding hydrogens is 510 g/mol. The van der Waals surface area contributed by atoms with Gasteiger partial charge in [0.05, 0.1) is 5.52 Å². The van der Waals surface area contributed by atoms with Gasteiger partial charge in [-0.15, -0.1) is 0 Å². The second-order valence-corrected chi connectivity index (χ2v) is 10.9. The Labute approximate surface area is 233 Å². The molecule has 0 unspecified atom stereocenters. The topological polar surface area (TPSA) is 68.5 Å². The number of nitrogens with one attached hydrogen (secondary N) is 3. The lowest BCUT2D eigenvalue weighted by Crippen LogP contribution is -2.44. The summed E-state index contributed by atoms with van der Waals surface area (Å²) in [5.74, 6) is -0.376. The van der Waals surface area contributed by atoms with Crippen molar-refractivity contribution in [1.82, 2.24) is 15.1 Å². The molecule has 0 amide bonds. The molecule has 1 aromatic heterocycles. The van der Waals surface area contributed by atoms with Gasteiger partial charge in [0.2, 0.25) is 0 Å². The average molecular weight is 547 g/mol. The van der Waals surface area contributed by atoms with E-state index in [2.05, 4.69) is 55.9 Å². The summed E-state index contributed by atoms with van der Waals surface area (Å²) in [4.78, 5) is 4.83. The molecule has 6 rings (SSSR count). The van der Waals surface area contributed by atoms with E-state index in [0.717, 1.165) is 86.3 Å². The molecule has 9 heteroatoms. The second kappa shape index (κ2) is 11.8. The van der Waals surface area contributed by atoms with E-state index in [0.29, 0.717) is 24.6 Å². The summed E-state index contributed by atoms with van der Waals surface area (Å²) in [5, 5.41) is 15.9. The van der Waals surface area contributed by atoms with Crippen LogP contribution in [0, 0.1) is 11.6 Å². The van der Waals surface area contributed by atoms with Gasteiger partial charge in [0.15, 0.2) is 5.82 Å². The molecule has 0 atom stereocenters. The number of halogens is 2. The molecule has 3 N–H and O–H groups in total. The lowest BCUT2D eigenvalue weighted by molar-refractivity contribution is 0.0904. The molecule has 2 aliphatic heterocycles. The van der Waals surface area contributed by atoms with E-state index in [1.807, 2.05) is 18.2 Å². The van der Waals surface area contributed by atoms with Crippen LogP contribution in [0.4, 0.5) is 26.0 Å². The van der Waals surface area contributed by atoms with Crippen LogP contribution in [0.25, 0.3) is 10.9 Å². The summed E-state index contributed by atoms with van der Waals surface area (Å²) in [6.07, 6.45) is 2.42. The number of fused-ring (bicyclic) bond motifs is 1. The van der Waals surface area contributed by atoms with Crippen LogP contribution in [-0.4, -0.2) is 67.6 Å². The second-order valence-electron chi connectivity index (χ2n) is 10.9. The first-order valence-electron chi connectivity index (χ1n) is 14.1. The van der Waals surface area contributed by atoms with Gasteiger partial charge >= 0.3 is 0 Å². The average Bonchev–Trinajstić information content (AvgIpc) is 3.35. The molecule has 0 spiro atoms. The molecule has 210 valence electrons. The standard InChI is InChI=1S/C31H36F2N6O/c1-38-8-10-39(11-9-38)27-4-3-23(30(19-27)35-26-6-12-40-13-7-26)20-34-31-28-17-21(2-5-29(28)36-37-31)14-22-15-24(32)18-25(33)16-22/h2-5,15-19,26,35H,6-14,20H2,1H3,(H2,34,36,37). The van der Waals surface area contributed by atoms with Gasteiger partial charge in [0.25, 0.3) is 0 Å². The molecule has 40 heavy (non-hydrogen) atoms. The van der Waals surface area contributed by atoms with Gasteiger partial charge in [-0.3, -0.25) is 5.10 Å². The number of hydrogen-bond acceptors (Lipinski definition) is 6. The van der Waals surface area contributed by atoms with E-state index < -0.39 is 11.6 Å². The number of nitrogens with zero attached hydrogens (tertiary/aromatic N) is 3. The predicted octanol–water partition coefficient (Wildman–Crippen LogP) is 5.39. The quantitative estimate of drug-likeness (QED) is 0.276. The maximum atomic E-state index is 13.7. The van der Waals surface area contributed by atoms with E-state index in [1.54, 1.807) is 0 Å². The summed E-state index contributed by atoms with van der Waals surface area (Å²) in [6.45, 7) is 6.35. The summed E-state index contributed by atoms with van der Waals surface area (Å²) in [5.41, 5.74) is 6.02. The van der Waals surface area contributed by atoms with Crippen LogP contribution in [0.5, 0.6) is 0 Å². The van der Waals surface area contributed by atoms with Gasteiger partial charge in [0, 0.05) is 74.8 Å². The Morgan fingerprint density at radius 3 is 2.48 bits per heavy atom. The molecule has 0 bridgehead atoms. The Morgan fingerprint density at radius 2 is 1.70 bits per heavy atom. The van der Waals surface area contributed by atoms with Crippen molar-refractivity contribution in [3.63, 3.8) is 0 Å². The lowest BCUT2D eigenvalue weighted by Gasteiger charge is -2.35. The van der Waals surface area contributed by atoms with Crippen LogP contribution in [-0.2, 0) is 17.7 Å². The number of aromatic nitrogens is 2. The van der Waals surface area contributed by atoms with Crippen LogP contribution in [0.3, 0.4) is 0 Å². The zero-order valence-electron chi connectivity index (χ0n) is 22.9. The Morgan fingerprint density at radius 1 is 0.925 bits per heavy atom. The molecule has 3 heterocycles. The van der Waals surface area contributed by atoms with Gasteiger partial charge in [-0.2, -0.15) is 5.10 Å². The van der Waals surface area contributed by atoms with Crippen LogP contribution >= 0.6 is 0 Å². The SMILES string of the molecule is CN1CCN(c2ccc(CNc3n[nH]c4ccc(Cc5cc(F)cc(F)c5)cc34)c(NC3CCOCC3)c2)CC1. The van der Waals surface area contributed by atoms with Crippen LogP contribution in [0.2, 0.25) is 0 Å². The minimum atomic E-state index is -0.564. The van der Waals surface area contributed by atoms with E-state index in [1.165, 1.54) is 23.4 Å². The Kier molecular flexibility index (Phi) is 7.84. The van der Waals surface area contributed by atoms with Gasteiger partial charge < -0.3 is 25.2 Å². The molecule has 0 radical (unpaired) electrons. The van der Waals surface area contributed by atoms with Crippen molar-refractivity contribution in [2.45, 2.75) is 31.8 Å². The molecule has 0 saturated carbocycles. The number of hydrogen-bond donors (Lipinski definition) is 3. The number of aromatic amines is 1. The molecular formula is C31H36F2N6O. The van der Waals surface area contributed by atoms with Crippen molar-refractivity contribution in [3.05, 3.63) is 82.9 Å². The maximum Gasteiger partial charge on any atom is 0.156 e. The maximum absolute atomic E-state index is 13.7. The fraction of sp³-hybridized carbons (Fsp3) is 0.387. The normalized spacial score (nSPS) is 16.9. The van der Waals surface area contributed by atoms with Crippen molar-refractivity contribution in [3.8, 4) is 0 Å². The number of ether oxygens (including phenoxy) is 1. The number of H-pyrrole nitrogens is 1. The number of benzene rings is 3. The number of anilines is 3. The smallest absolute Gasteiger partial charge is 0.156 e. The van der Waals surface area contributed by atoms with Gasteiger partial charge in [-0.25, -0.2) is 8.78 Å². The molecule has 2 aliphatic rings. The van der Waals surface area contributed by atoms with Crippen molar-refractivity contribution in [2.24, 2.45) is 0 Å². The fourth-order valence-electron chi connectivity index (χ4n) is 5.61. The van der Waals surface area contributed by atoms with Crippen molar-refractivity contribution < 1.29 is 13.5 Å². The van der Waals surface area contributed by atoms with Crippen molar-refractivity contribution >= 4 is 28.1 Å². The zero-order valence-corrected chi connectivity index (χ0v) is 22.9. The summed E-state index contributed by atoms with van der Waals surface area (Å²) in [6, 6.07) is 16.7. The van der Waals surface area contributed by atoms with E-state index in [4.69, 9.17) is 4.74 Å². The van der Waals surface area contributed by atoms with Crippen LogP contribution < -0.4 is 15.5 Å². The Hall–Kier alpha value is -3.69. The molecule has 2 fully saturated rings. The Balaban J connectivity index is 1.21. The van der Waals surface area contributed by atoms with Crippen LogP contribution in [0.1, 0.15) is 29.5 Å². The van der Waals surface area contributed by atoms with Crippen molar-refractivity contribution in [2.75, 3.05) is 62.0 Å². The van der Waals surface area contributed by atoms with E-state index in [9.17, 15) is 8.78 Å². The largest absolute Gasteiger partial charge is 0.382 e. The molecule has 7 nitrogen and oxygen atoms in total. The molecule has 3 aromatic carbocycles. The summed E-state index contributed by atoms with van der Waals surface area (Å²) >= 11 is 0. The minimum absolute atomic E-state index is 0.386. The first-order valence-corrected chi connectivity index (χ1v) is 14.1. The monoisotopic (exact) mass is 546 g/mol. The Bertz CT molecular complexity index is 1440. The van der Waals surface area contributed by atoms with E-state index >= 15 is 0 Å². The summed E-state index contributed by atoms with van der Waals surface area (Å²) < 4.78 is 33.0. The highest BCUT2D eigenvalue weighted by Crippen LogP contribution is 2.29. The zero-order chi connectivity index (χ0) is 27.5. The minimum Gasteiger partial charge on any atom is -0.382 e. The third-order valence-electron chi connectivity index (χ3n) is 7.95. The highest BCUT2D eigenvalue weighted by Gasteiger charge is 2.19. The predicted molar refractivity (Wildman–Crippen MR) is 156 cm³/mol. The van der Waals surface area contributed by atoms with Crippen LogP contribution in [0.15, 0.2) is 54.6 Å². The third kappa shape index (κ3) is 6.21. The lowest BCUT2D eigenvalue weighted by atomic mass is 10.0. The molecule has 4 aromatic rings. The highest BCUT2D eigenvalue weighted by molar-refractivity contribution is 5.90.